The molecular weight excluding hydrogens is 210 g/mol. The van der Waals surface area contributed by atoms with Crippen molar-refractivity contribution < 1.29 is 9.11 Å². The van der Waals surface area contributed by atoms with Crippen LogP contribution in [0.15, 0.2) is 41.8 Å². The van der Waals surface area contributed by atoms with Crippen molar-refractivity contribution in [3.8, 4) is 0 Å². The monoisotopic (exact) mass is 225 g/mol. The van der Waals surface area contributed by atoms with E-state index >= 15 is 0 Å². The van der Waals surface area contributed by atoms with Gasteiger partial charge in [-0.1, -0.05) is 36.4 Å². The van der Waals surface area contributed by atoms with E-state index in [9.17, 15) is 9.11 Å². The van der Waals surface area contributed by atoms with Gasteiger partial charge in [-0.2, -0.15) is 4.31 Å². The topological polar surface area (TPSA) is 43.7 Å². The fraction of sp³-hybridized carbons (Fsp3) is 0.273. The van der Waals surface area contributed by atoms with E-state index in [4.69, 9.17) is 0 Å². The van der Waals surface area contributed by atoms with E-state index in [2.05, 4.69) is 0 Å². The molecule has 0 bridgehead atoms. The van der Waals surface area contributed by atoms with Gasteiger partial charge in [0.05, 0.1) is 6.04 Å². The SMILES string of the molecule is CC(c1ccccc1)N1CC=CS1(O)O. The number of rotatable bonds is 2. The minimum Gasteiger partial charge on any atom is -0.282 e. The van der Waals surface area contributed by atoms with Crippen LogP contribution in [0.1, 0.15) is 18.5 Å². The summed E-state index contributed by atoms with van der Waals surface area (Å²) in [5.41, 5.74) is 1.10. The van der Waals surface area contributed by atoms with Crippen molar-refractivity contribution in [1.29, 1.82) is 0 Å². The Labute approximate surface area is 91.5 Å². The molecule has 0 amide bonds. The molecule has 0 saturated carbocycles. The second-order valence-electron chi connectivity index (χ2n) is 3.62. The smallest absolute Gasteiger partial charge is 0.0518 e. The molecule has 0 radical (unpaired) electrons. The minimum absolute atomic E-state index is 0.0196. The van der Waals surface area contributed by atoms with E-state index in [1.807, 2.05) is 37.3 Å². The summed E-state index contributed by atoms with van der Waals surface area (Å²) in [6.45, 7) is 2.58. The normalized spacial score (nSPS) is 23.9. The van der Waals surface area contributed by atoms with Crippen molar-refractivity contribution in [3.63, 3.8) is 0 Å². The van der Waals surface area contributed by atoms with Crippen LogP contribution in [0.3, 0.4) is 0 Å². The maximum Gasteiger partial charge on any atom is 0.0518 e. The van der Waals surface area contributed by atoms with Crippen molar-refractivity contribution in [1.82, 2.24) is 4.31 Å². The van der Waals surface area contributed by atoms with E-state index in [-0.39, 0.29) is 6.04 Å². The first kappa shape index (κ1) is 10.7. The van der Waals surface area contributed by atoms with Gasteiger partial charge >= 0.3 is 0 Å². The van der Waals surface area contributed by atoms with Gasteiger partial charge in [0.15, 0.2) is 0 Å². The summed E-state index contributed by atoms with van der Waals surface area (Å²) >= 11 is 0. The second kappa shape index (κ2) is 3.98. The summed E-state index contributed by atoms with van der Waals surface area (Å²) in [6, 6.07) is 9.89. The van der Waals surface area contributed by atoms with E-state index < -0.39 is 10.8 Å². The van der Waals surface area contributed by atoms with E-state index in [0.29, 0.717) is 6.54 Å². The van der Waals surface area contributed by atoms with Crippen LogP contribution in [0.2, 0.25) is 0 Å². The molecule has 1 atom stereocenters. The lowest BCUT2D eigenvalue weighted by atomic mass is 10.1. The molecule has 15 heavy (non-hydrogen) atoms. The van der Waals surface area contributed by atoms with Crippen LogP contribution in [-0.2, 0) is 0 Å². The van der Waals surface area contributed by atoms with E-state index in [1.165, 1.54) is 5.41 Å². The molecule has 1 aliphatic rings. The molecular formula is C11H15NO2S. The third-order valence-corrected chi connectivity index (χ3v) is 4.34. The van der Waals surface area contributed by atoms with Gasteiger partial charge in [-0.3, -0.25) is 9.11 Å². The molecule has 2 N–H and O–H groups in total. The Bertz CT molecular complexity index is 364. The van der Waals surface area contributed by atoms with Crippen LogP contribution in [0, 0.1) is 0 Å². The lowest BCUT2D eigenvalue weighted by Crippen LogP contribution is -2.25. The van der Waals surface area contributed by atoms with Gasteiger partial charge in [-0.05, 0) is 12.5 Å². The second-order valence-corrected chi connectivity index (χ2v) is 5.48. The third-order valence-electron chi connectivity index (χ3n) is 2.62. The van der Waals surface area contributed by atoms with Gasteiger partial charge in [-0.25, -0.2) is 0 Å². The molecule has 1 aliphatic heterocycles. The number of hydrogen-bond donors (Lipinski definition) is 2. The van der Waals surface area contributed by atoms with E-state index in [1.54, 1.807) is 10.4 Å². The summed E-state index contributed by atoms with van der Waals surface area (Å²) in [4.78, 5) is 0. The molecule has 3 nitrogen and oxygen atoms in total. The van der Waals surface area contributed by atoms with Crippen molar-refractivity contribution >= 4 is 10.8 Å². The van der Waals surface area contributed by atoms with E-state index in [0.717, 1.165) is 5.56 Å². The molecule has 0 aliphatic carbocycles. The highest BCUT2D eigenvalue weighted by Crippen LogP contribution is 2.52. The number of nitrogens with zero attached hydrogens (tertiary/aromatic N) is 1. The predicted octanol–water partition coefficient (Wildman–Crippen LogP) is 3.24. The number of benzene rings is 1. The van der Waals surface area contributed by atoms with Gasteiger partial charge in [0, 0.05) is 12.0 Å². The summed E-state index contributed by atoms with van der Waals surface area (Å²) in [5.74, 6) is 0. The molecule has 0 aromatic heterocycles. The Morgan fingerprint density at radius 2 is 1.93 bits per heavy atom. The Morgan fingerprint density at radius 3 is 2.47 bits per heavy atom. The quantitative estimate of drug-likeness (QED) is 0.812. The zero-order chi connectivity index (χ0) is 10.9. The first-order valence-electron chi connectivity index (χ1n) is 4.88. The van der Waals surface area contributed by atoms with Crippen LogP contribution in [0.5, 0.6) is 0 Å². The third kappa shape index (κ3) is 2.08. The fourth-order valence-electron chi connectivity index (χ4n) is 1.75. The summed E-state index contributed by atoms with van der Waals surface area (Å²) in [7, 11) is -2.68. The number of hydrogen-bond acceptors (Lipinski definition) is 3. The van der Waals surface area contributed by atoms with Crippen LogP contribution >= 0.6 is 10.8 Å². The summed E-state index contributed by atoms with van der Waals surface area (Å²) in [6.07, 6.45) is 1.80. The lowest BCUT2D eigenvalue weighted by Gasteiger charge is -2.39. The zero-order valence-electron chi connectivity index (χ0n) is 8.58. The average molecular weight is 225 g/mol. The Morgan fingerprint density at radius 1 is 1.27 bits per heavy atom. The fourth-order valence-corrected chi connectivity index (χ4v) is 3.15. The zero-order valence-corrected chi connectivity index (χ0v) is 9.39. The molecule has 0 spiro atoms. The van der Waals surface area contributed by atoms with Crippen LogP contribution in [0.25, 0.3) is 0 Å². The van der Waals surface area contributed by atoms with Crippen LogP contribution in [0.4, 0.5) is 0 Å². The van der Waals surface area contributed by atoms with Gasteiger partial charge in [0.25, 0.3) is 0 Å². The predicted molar refractivity (Wildman–Crippen MR) is 63.6 cm³/mol. The van der Waals surface area contributed by atoms with Gasteiger partial charge in [0.2, 0.25) is 0 Å². The van der Waals surface area contributed by atoms with Crippen molar-refractivity contribution in [2.45, 2.75) is 13.0 Å². The van der Waals surface area contributed by atoms with Gasteiger partial charge < -0.3 is 0 Å². The molecule has 0 fully saturated rings. The average Bonchev–Trinajstić information content (AvgIpc) is 2.58. The molecule has 82 valence electrons. The molecule has 2 rings (SSSR count). The molecule has 0 saturated heterocycles. The highest BCUT2D eigenvalue weighted by molar-refractivity contribution is 8.25. The highest BCUT2D eigenvalue weighted by Gasteiger charge is 2.29. The molecule has 1 unspecified atom stereocenters. The van der Waals surface area contributed by atoms with Gasteiger partial charge in [-0.15, -0.1) is 10.8 Å². The first-order valence-corrected chi connectivity index (χ1v) is 6.44. The van der Waals surface area contributed by atoms with Crippen molar-refractivity contribution in [2.75, 3.05) is 6.54 Å². The Kier molecular flexibility index (Phi) is 2.84. The molecule has 1 aromatic rings. The standard InChI is InChI=1S/C11H15NO2S/c1-10(11-6-3-2-4-7-11)12-8-5-9-15(12,13)14/h2-7,9-10,13-14H,8H2,1H3. The summed E-state index contributed by atoms with van der Waals surface area (Å²) in [5, 5.41) is 1.49. The molecule has 1 aromatic carbocycles. The molecule has 1 heterocycles. The first-order chi connectivity index (χ1) is 7.11. The van der Waals surface area contributed by atoms with Crippen molar-refractivity contribution in [2.24, 2.45) is 0 Å². The van der Waals surface area contributed by atoms with Crippen LogP contribution < -0.4 is 0 Å². The maximum absolute atomic E-state index is 9.76. The lowest BCUT2D eigenvalue weighted by molar-refractivity contribution is 0.333. The summed E-state index contributed by atoms with van der Waals surface area (Å²) < 4.78 is 21.2. The maximum atomic E-state index is 9.76. The largest absolute Gasteiger partial charge is 0.282 e. The molecule has 4 heteroatoms. The Balaban J connectivity index is 2.19. The van der Waals surface area contributed by atoms with Crippen LogP contribution in [-0.4, -0.2) is 20.0 Å². The minimum atomic E-state index is -2.68. The van der Waals surface area contributed by atoms with Gasteiger partial charge in [0.1, 0.15) is 0 Å². The highest BCUT2D eigenvalue weighted by atomic mass is 32.3. The Hall–Kier alpha value is -0.810. The van der Waals surface area contributed by atoms with Crippen molar-refractivity contribution in [3.05, 3.63) is 47.4 Å².